The van der Waals surface area contributed by atoms with Gasteiger partial charge in [-0.05, 0) is 47.9 Å². The molecule has 0 amide bonds. The number of sulfonamides is 1. The summed E-state index contributed by atoms with van der Waals surface area (Å²) >= 11 is 0. The van der Waals surface area contributed by atoms with Crippen LogP contribution in [0, 0.1) is 0 Å². The van der Waals surface area contributed by atoms with Gasteiger partial charge in [-0.3, -0.25) is 4.90 Å². The van der Waals surface area contributed by atoms with Gasteiger partial charge in [-0.1, -0.05) is 48.5 Å². The van der Waals surface area contributed by atoms with Gasteiger partial charge in [0.2, 0.25) is 10.0 Å². The van der Waals surface area contributed by atoms with Crippen molar-refractivity contribution in [1.82, 2.24) is 9.21 Å². The molecule has 0 aliphatic carbocycles. The third-order valence-corrected chi connectivity index (χ3v) is 8.81. The fourth-order valence-electron chi connectivity index (χ4n) is 4.91. The SMILES string of the molecule is O=C(O)C(=O)O.O=S(=O)(c1ccc2ccccc2c1)N1CCC(N2CCN(c3ccccc3)CC2)CC1. The van der Waals surface area contributed by atoms with Gasteiger partial charge in [0.15, 0.2) is 0 Å². The van der Waals surface area contributed by atoms with Crippen LogP contribution in [0.25, 0.3) is 10.8 Å². The predicted molar refractivity (Wildman–Crippen MR) is 141 cm³/mol. The number of carbonyl (C=O) groups is 2. The van der Waals surface area contributed by atoms with Crippen LogP contribution in [0.4, 0.5) is 5.69 Å². The number of carboxylic acids is 2. The summed E-state index contributed by atoms with van der Waals surface area (Å²) in [5.41, 5.74) is 1.29. The Bertz CT molecular complexity index is 1320. The number of piperidine rings is 1. The molecular formula is C27H31N3O6S. The minimum atomic E-state index is -3.45. The lowest BCUT2D eigenvalue weighted by Crippen LogP contribution is -2.53. The Morgan fingerprint density at radius 1 is 0.703 bits per heavy atom. The summed E-state index contributed by atoms with van der Waals surface area (Å²) in [7, 11) is -3.45. The molecule has 10 heteroatoms. The Hall–Kier alpha value is -3.47. The third kappa shape index (κ3) is 6.46. The van der Waals surface area contributed by atoms with E-state index >= 15 is 0 Å². The maximum absolute atomic E-state index is 13.2. The second-order valence-electron chi connectivity index (χ2n) is 9.11. The minimum Gasteiger partial charge on any atom is -0.473 e. The highest BCUT2D eigenvalue weighted by atomic mass is 32.2. The maximum atomic E-state index is 13.2. The smallest absolute Gasteiger partial charge is 0.414 e. The van der Waals surface area contributed by atoms with Gasteiger partial charge in [0.05, 0.1) is 4.90 Å². The van der Waals surface area contributed by atoms with Crippen molar-refractivity contribution >= 4 is 38.4 Å². The van der Waals surface area contributed by atoms with Crippen molar-refractivity contribution in [2.75, 3.05) is 44.2 Å². The van der Waals surface area contributed by atoms with Crippen LogP contribution in [0.1, 0.15) is 12.8 Å². The number of nitrogens with zero attached hydrogens (tertiary/aromatic N) is 3. The second kappa shape index (κ2) is 11.7. The zero-order valence-corrected chi connectivity index (χ0v) is 21.3. The van der Waals surface area contributed by atoms with Gasteiger partial charge in [-0.25, -0.2) is 18.0 Å². The van der Waals surface area contributed by atoms with E-state index in [9.17, 15) is 8.42 Å². The molecule has 0 bridgehead atoms. The Morgan fingerprint density at radius 2 is 1.27 bits per heavy atom. The van der Waals surface area contributed by atoms with E-state index < -0.39 is 22.0 Å². The maximum Gasteiger partial charge on any atom is 0.414 e. The van der Waals surface area contributed by atoms with Crippen LogP contribution in [0.15, 0.2) is 77.7 Å². The minimum absolute atomic E-state index is 0.404. The number of hydrogen-bond donors (Lipinski definition) is 2. The van der Waals surface area contributed by atoms with E-state index in [1.807, 2.05) is 30.3 Å². The molecule has 0 spiro atoms. The van der Waals surface area contributed by atoms with Crippen LogP contribution >= 0.6 is 0 Å². The average Bonchev–Trinajstić information content (AvgIpc) is 2.93. The summed E-state index contributed by atoms with van der Waals surface area (Å²) in [5.74, 6) is -3.65. The summed E-state index contributed by atoms with van der Waals surface area (Å²) < 4.78 is 28.1. The van der Waals surface area contributed by atoms with Crippen molar-refractivity contribution in [2.24, 2.45) is 0 Å². The predicted octanol–water partition coefficient (Wildman–Crippen LogP) is 2.97. The summed E-state index contributed by atoms with van der Waals surface area (Å²) in [6.45, 7) is 5.32. The van der Waals surface area contributed by atoms with E-state index in [4.69, 9.17) is 19.8 Å². The molecular weight excluding hydrogens is 494 g/mol. The van der Waals surface area contributed by atoms with Crippen molar-refractivity contribution in [2.45, 2.75) is 23.8 Å². The van der Waals surface area contributed by atoms with E-state index in [1.165, 1.54) is 5.69 Å². The van der Waals surface area contributed by atoms with Crippen molar-refractivity contribution in [3.05, 3.63) is 72.8 Å². The van der Waals surface area contributed by atoms with Crippen LogP contribution in [0.3, 0.4) is 0 Å². The average molecular weight is 526 g/mol. The molecule has 37 heavy (non-hydrogen) atoms. The molecule has 2 aliphatic heterocycles. The molecule has 0 radical (unpaired) electrons. The molecule has 9 nitrogen and oxygen atoms in total. The number of hydrogen-bond acceptors (Lipinski definition) is 6. The number of fused-ring (bicyclic) bond motifs is 1. The highest BCUT2D eigenvalue weighted by molar-refractivity contribution is 7.89. The number of rotatable bonds is 4. The first-order valence-corrected chi connectivity index (χ1v) is 13.7. The first-order valence-electron chi connectivity index (χ1n) is 12.2. The van der Waals surface area contributed by atoms with E-state index in [0.717, 1.165) is 49.8 Å². The topological polar surface area (TPSA) is 118 Å². The fourth-order valence-corrected chi connectivity index (χ4v) is 6.41. The molecule has 2 heterocycles. The molecule has 2 fully saturated rings. The quantitative estimate of drug-likeness (QED) is 0.499. The van der Waals surface area contributed by atoms with Crippen molar-refractivity contribution in [3.8, 4) is 0 Å². The van der Waals surface area contributed by atoms with Gasteiger partial charge in [0.25, 0.3) is 0 Å². The lowest BCUT2D eigenvalue weighted by Gasteiger charge is -2.43. The van der Waals surface area contributed by atoms with E-state index in [-0.39, 0.29) is 0 Å². The summed E-state index contributed by atoms with van der Waals surface area (Å²) in [6.07, 6.45) is 1.80. The highest BCUT2D eigenvalue weighted by Crippen LogP contribution is 2.27. The van der Waals surface area contributed by atoms with E-state index in [1.54, 1.807) is 16.4 Å². The second-order valence-corrected chi connectivity index (χ2v) is 11.1. The molecule has 2 saturated heterocycles. The van der Waals surface area contributed by atoms with E-state index in [0.29, 0.717) is 24.0 Å². The monoisotopic (exact) mass is 525 g/mol. The van der Waals surface area contributed by atoms with Crippen LogP contribution in [-0.4, -0.2) is 85.1 Å². The Kier molecular flexibility index (Phi) is 8.42. The van der Waals surface area contributed by atoms with Crippen molar-refractivity contribution < 1.29 is 28.2 Å². The first kappa shape index (κ1) is 26.6. The number of anilines is 1. The Balaban J connectivity index is 0.000000480. The van der Waals surface area contributed by atoms with E-state index in [2.05, 4.69) is 40.1 Å². The van der Waals surface area contributed by atoms with Gasteiger partial charge in [-0.2, -0.15) is 4.31 Å². The molecule has 2 N–H and O–H groups in total. The molecule has 2 aliphatic rings. The number of aliphatic carboxylic acids is 2. The zero-order chi connectivity index (χ0) is 26.4. The standard InChI is InChI=1S/C25H29N3O2S.C2H2O4/c29-31(30,25-11-10-21-6-4-5-7-22(21)20-25)28-14-12-24(13-15-28)27-18-16-26(17-19-27)23-8-2-1-3-9-23;3-1(4)2(5)6/h1-11,20,24H,12-19H2;(H,3,4)(H,5,6). The molecule has 5 rings (SSSR count). The van der Waals surface area contributed by atoms with Crippen molar-refractivity contribution in [3.63, 3.8) is 0 Å². The molecule has 0 saturated carbocycles. The fraction of sp³-hybridized carbons (Fsp3) is 0.333. The highest BCUT2D eigenvalue weighted by Gasteiger charge is 2.33. The largest absolute Gasteiger partial charge is 0.473 e. The molecule has 0 atom stereocenters. The van der Waals surface area contributed by atoms with Gasteiger partial charge < -0.3 is 15.1 Å². The normalized spacial score (nSPS) is 17.7. The molecule has 0 aromatic heterocycles. The van der Waals surface area contributed by atoms with Crippen LogP contribution in [0.5, 0.6) is 0 Å². The van der Waals surface area contributed by atoms with Gasteiger partial charge >= 0.3 is 11.9 Å². The lowest BCUT2D eigenvalue weighted by atomic mass is 10.0. The van der Waals surface area contributed by atoms with Crippen molar-refractivity contribution in [1.29, 1.82) is 0 Å². The van der Waals surface area contributed by atoms with Gasteiger partial charge in [0.1, 0.15) is 0 Å². The van der Waals surface area contributed by atoms with Gasteiger partial charge in [0, 0.05) is 51.0 Å². The summed E-state index contributed by atoms with van der Waals surface area (Å²) in [4.78, 5) is 23.6. The summed E-state index contributed by atoms with van der Waals surface area (Å²) in [5, 5.41) is 16.8. The molecule has 3 aromatic rings. The molecule has 196 valence electrons. The zero-order valence-electron chi connectivity index (χ0n) is 20.4. The van der Waals surface area contributed by atoms with Crippen LogP contribution < -0.4 is 4.90 Å². The number of carboxylic acid groups (broad SMARTS) is 2. The first-order chi connectivity index (χ1) is 17.8. The summed E-state index contributed by atoms with van der Waals surface area (Å²) in [6, 6.07) is 24.4. The van der Waals surface area contributed by atoms with Gasteiger partial charge in [-0.15, -0.1) is 0 Å². The lowest BCUT2D eigenvalue weighted by molar-refractivity contribution is -0.159. The third-order valence-electron chi connectivity index (χ3n) is 6.92. The number of benzene rings is 3. The molecule has 0 unspecified atom stereocenters. The van der Waals surface area contributed by atoms with Crippen LogP contribution in [-0.2, 0) is 19.6 Å². The molecule has 3 aromatic carbocycles. The number of para-hydroxylation sites is 1. The Morgan fingerprint density at radius 3 is 1.86 bits per heavy atom. The number of piperazine rings is 1. The van der Waals surface area contributed by atoms with Crippen LogP contribution in [0.2, 0.25) is 0 Å². The Labute approximate surface area is 216 Å².